The Kier molecular flexibility index (Phi) is 3.88. The van der Waals surface area contributed by atoms with Gasteiger partial charge in [0.15, 0.2) is 0 Å². The highest BCUT2D eigenvalue weighted by Crippen LogP contribution is 2.08. The maximum absolute atomic E-state index is 9.78. The molecule has 1 aromatic rings. The number of imidazole rings is 1. The van der Waals surface area contributed by atoms with E-state index in [1.807, 2.05) is 31.5 Å². The summed E-state index contributed by atoms with van der Waals surface area (Å²) in [6.07, 6.45) is 5.51. The van der Waals surface area contributed by atoms with E-state index < -0.39 is 5.60 Å². The van der Waals surface area contributed by atoms with Gasteiger partial charge in [-0.1, -0.05) is 0 Å². The second kappa shape index (κ2) is 4.77. The predicted molar refractivity (Wildman–Crippen MR) is 60.6 cm³/mol. The Morgan fingerprint density at radius 2 is 2.13 bits per heavy atom. The lowest BCUT2D eigenvalue weighted by atomic mass is 10.00. The van der Waals surface area contributed by atoms with Crippen molar-refractivity contribution in [3.63, 3.8) is 0 Å². The number of aliphatic hydroxyl groups is 1. The van der Waals surface area contributed by atoms with Crippen molar-refractivity contribution >= 4 is 0 Å². The van der Waals surface area contributed by atoms with Crippen LogP contribution in [0.3, 0.4) is 0 Å². The molecular formula is C11H21N3O. The molecule has 1 aromatic heterocycles. The van der Waals surface area contributed by atoms with Crippen molar-refractivity contribution in [1.82, 2.24) is 14.9 Å². The third-order valence-electron chi connectivity index (χ3n) is 2.64. The molecule has 15 heavy (non-hydrogen) atoms. The molecule has 0 aliphatic carbocycles. The van der Waals surface area contributed by atoms with E-state index in [9.17, 15) is 5.11 Å². The van der Waals surface area contributed by atoms with Crippen molar-refractivity contribution in [2.24, 2.45) is 0 Å². The molecule has 4 heteroatoms. The van der Waals surface area contributed by atoms with Gasteiger partial charge in [-0.3, -0.25) is 0 Å². The summed E-state index contributed by atoms with van der Waals surface area (Å²) in [6, 6.07) is 0.372. The van der Waals surface area contributed by atoms with Gasteiger partial charge in [-0.15, -0.1) is 0 Å². The zero-order valence-electron chi connectivity index (χ0n) is 9.94. The third-order valence-corrected chi connectivity index (χ3v) is 2.64. The van der Waals surface area contributed by atoms with Crippen molar-refractivity contribution in [2.75, 3.05) is 0 Å². The largest absolute Gasteiger partial charge is 0.389 e. The van der Waals surface area contributed by atoms with Crippen LogP contribution in [0, 0.1) is 0 Å². The number of nitrogens with zero attached hydrogens (tertiary/aromatic N) is 2. The normalized spacial score (nSPS) is 16.3. The Labute approximate surface area is 91.3 Å². The number of nitrogens with one attached hydrogen (secondary N) is 1. The summed E-state index contributed by atoms with van der Waals surface area (Å²) in [6.45, 7) is 8.58. The monoisotopic (exact) mass is 211 g/mol. The Balaban J connectivity index is 2.39. The molecule has 2 N–H and O–H groups in total. The zero-order chi connectivity index (χ0) is 11.5. The number of rotatable bonds is 5. The van der Waals surface area contributed by atoms with E-state index in [4.69, 9.17) is 0 Å². The fourth-order valence-electron chi connectivity index (χ4n) is 1.39. The van der Waals surface area contributed by atoms with E-state index in [0.29, 0.717) is 6.04 Å². The molecule has 2 atom stereocenters. The highest BCUT2D eigenvalue weighted by Gasteiger charge is 2.23. The van der Waals surface area contributed by atoms with Crippen LogP contribution in [0.1, 0.15) is 27.7 Å². The molecule has 4 nitrogen and oxygen atoms in total. The molecule has 0 saturated heterocycles. The quantitative estimate of drug-likeness (QED) is 0.764. The molecule has 0 bridgehead atoms. The first-order valence-corrected chi connectivity index (χ1v) is 5.33. The van der Waals surface area contributed by atoms with Crippen molar-refractivity contribution < 1.29 is 5.11 Å². The molecule has 0 fully saturated rings. The van der Waals surface area contributed by atoms with Crippen LogP contribution in [0.2, 0.25) is 0 Å². The van der Waals surface area contributed by atoms with E-state index in [0.717, 1.165) is 6.54 Å². The first-order valence-electron chi connectivity index (χ1n) is 5.33. The highest BCUT2D eigenvalue weighted by atomic mass is 16.3. The van der Waals surface area contributed by atoms with Gasteiger partial charge in [-0.2, -0.15) is 0 Å². The zero-order valence-corrected chi connectivity index (χ0v) is 9.94. The summed E-state index contributed by atoms with van der Waals surface area (Å²) < 4.78 is 2.02. The second-order valence-corrected chi connectivity index (χ2v) is 4.70. The fraction of sp³-hybridized carbons (Fsp3) is 0.727. The highest BCUT2D eigenvalue weighted by molar-refractivity contribution is 4.83. The van der Waals surface area contributed by atoms with Crippen molar-refractivity contribution in [1.29, 1.82) is 0 Å². The SMILES string of the molecule is CC(Cn1ccnc1)NC(C)C(C)(C)O. The minimum atomic E-state index is -0.691. The number of aromatic nitrogens is 2. The summed E-state index contributed by atoms with van der Waals surface area (Å²) in [5.41, 5.74) is -0.691. The van der Waals surface area contributed by atoms with Gasteiger partial charge in [0, 0.05) is 31.0 Å². The van der Waals surface area contributed by atoms with Gasteiger partial charge >= 0.3 is 0 Å². The van der Waals surface area contributed by atoms with Gasteiger partial charge in [0.05, 0.1) is 11.9 Å². The first-order chi connectivity index (χ1) is 6.89. The third kappa shape index (κ3) is 4.01. The van der Waals surface area contributed by atoms with Gasteiger partial charge < -0.3 is 15.0 Å². The molecule has 1 rings (SSSR count). The summed E-state index contributed by atoms with van der Waals surface area (Å²) in [7, 11) is 0. The van der Waals surface area contributed by atoms with Crippen LogP contribution in [0.15, 0.2) is 18.7 Å². The molecule has 0 saturated carbocycles. The van der Waals surface area contributed by atoms with Crippen LogP contribution in [-0.2, 0) is 6.54 Å². The second-order valence-electron chi connectivity index (χ2n) is 4.70. The lowest BCUT2D eigenvalue weighted by molar-refractivity contribution is 0.0398. The summed E-state index contributed by atoms with van der Waals surface area (Å²) in [4.78, 5) is 3.99. The van der Waals surface area contributed by atoms with Gasteiger partial charge in [0.1, 0.15) is 0 Å². The van der Waals surface area contributed by atoms with Gasteiger partial charge in [-0.25, -0.2) is 4.98 Å². The molecule has 0 amide bonds. The average Bonchev–Trinajstić information content (AvgIpc) is 2.54. The molecular weight excluding hydrogens is 190 g/mol. The van der Waals surface area contributed by atoms with Crippen LogP contribution in [0.5, 0.6) is 0 Å². The van der Waals surface area contributed by atoms with Crippen LogP contribution in [-0.4, -0.2) is 32.3 Å². The molecule has 0 aliphatic heterocycles. The summed E-state index contributed by atoms with van der Waals surface area (Å²) in [5.74, 6) is 0. The van der Waals surface area contributed by atoms with Crippen LogP contribution >= 0.6 is 0 Å². The first kappa shape index (κ1) is 12.2. The Morgan fingerprint density at radius 3 is 2.60 bits per heavy atom. The molecule has 0 spiro atoms. The van der Waals surface area contributed by atoms with E-state index in [-0.39, 0.29) is 6.04 Å². The molecule has 0 aliphatic rings. The Hall–Kier alpha value is -0.870. The average molecular weight is 211 g/mol. The van der Waals surface area contributed by atoms with Crippen LogP contribution in [0.4, 0.5) is 0 Å². The van der Waals surface area contributed by atoms with Crippen molar-refractivity contribution in [3.8, 4) is 0 Å². The van der Waals surface area contributed by atoms with E-state index >= 15 is 0 Å². The topological polar surface area (TPSA) is 50.1 Å². The van der Waals surface area contributed by atoms with Gasteiger partial charge in [-0.05, 0) is 27.7 Å². The molecule has 0 aromatic carbocycles. The smallest absolute Gasteiger partial charge is 0.0946 e. The van der Waals surface area contributed by atoms with E-state index in [2.05, 4.69) is 17.2 Å². The summed E-state index contributed by atoms with van der Waals surface area (Å²) in [5, 5.41) is 13.1. The predicted octanol–water partition coefficient (Wildman–Crippen LogP) is 1.02. The lowest BCUT2D eigenvalue weighted by Gasteiger charge is -2.29. The maximum Gasteiger partial charge on any atom is 0.0946 e. The van der Waals surface area contributed by atoms with Crippen molar-refractivity contribution in [3.05, 3.63) is 18.7 Å². The van der Waals surface area contributed by atoms with E-state index in [1.165, 1.54) is 0 Å². The maximum atomic E-state index is 9.78. The Morgan fingerprint density at radius 1 is 1.47 bits per heavy atom. The number of hydrogen-bond acceptors (Lipinski definition) is 3. The number of hydrogen-bond donors (Lipinski definition) is 2. The van der Waals surface area contributed by atoms with Crippen LogP contribution < -0.4 is 5.32 Å². The van der Waals surface area contributed by atoms with Crippen molar-refractivity contribution in [2.45, 2.75) is 51.9 Å². The van der Waals surface area contributed by atoms with Gasteiger partial charge in [0.25, 0.3) is 0 Å². The molecule has 0 radical (unpaired) electrons. The van der Waals surface area contributed by atoms with E-state index in [1.54, 1.807) is 12.5 Å². The minimum Gasteiger partial charge on any atom is -0.389 e. The Bertz CT molecular complexity index is 277. The van der Waals surface area contributed by atoms with Gasteiger partial charge in [0.2, 0.25) is 0 Å². The fourth-order valence-corrected chi connectivity index (χ4v) is 1.39. The molecule has 1 heterocycles. The standard InChI is InChI=1S/C11H21N3O/c1-9(7-14-6-5-12-8-14)13-10(2)11(3,4)15/h5-6,8-10,13,15H,7H2,1-4H3. The lowest BCUT2D eigenvalue weighted by Crippen LogP contribution is -2.49. The minimum absolute atomic E-state index is 0.0658. The molecule has 86 valence electrons. The molecule has 2 unspecified atom stereocenters. The summed E-state index contributed by atoms with van der Waals surface area (Å²) >= 11 is 0. The van der Waals surface area contributed by atoms with Crippen LogP contribution in [0.25, 0.3) is 0 Å².